The predicted octanol–water partition coefficient (Wildman–Crippen LogP) is -1.94. The molecule has 0 rings (SSSR count). The Morgan fingerprint density at radius 1 is 1.30 bits per heavy atom. The van der Waals surface area contributed by atoms with Crippen LogP contribution in [0.5, 0.6) is 0 Å². The van der Waals surface area contributed by atoms with Gasteiger partial charge < -0.3 is 20.6 Å². The molecular formula is C12H23N3O4S. The van der Waals surface area contributed by atoms with E-state index in [2.05, 4.69) is 5.32 Å². The quantitative estimate of drug-likeness (QED) is 0.507. The Kier molecular flexibility index (Phi) is 7.77. The molecule has 20 heavy (non-hydrogen) atoms. The zero-order chi connectivity index (χ0) is 15.9. The Morgan fingerprint density at radius 3 is 2.25 bits per heavy atom. The van der Waals surface area contributed by atoms with Gasteiger partial charge in [0.15, 0.2) is 5.12 Å². The number of amides is 2. The molecule has 0 spiro atoms. The van der Waals surface area contributed by atoms with Gasteiger partial charge >= 0.3 is 0 Å². The SMILES string of the molecule is CC(=O)NC(CSC(=O)C[C@@H]([O-])C[N+](C)(C)C)C(N)=O. The fourth-order valence-electron chi connectivity index (χ4n) is 1.54. The maximum Gasteiger partial charge on any atom is 0.240 e. The van der Waals surface area contributed by atoms with Crippen LogP contribution < -0.4 is 16.2 Å². The lowest BCUT2D eigenvalue weighted by atomic mass is 10.2. The third kappa shape index (κ3) is 9.76. The highest BCUT2D eigenvalue weighted by atomic mass is 32.2. The molecule has 0 saturated carbocycles. The highest BCUT2D eigenvalue weighted by molar-refractivity contribution is 8.13. The van der Waals surface area contributed by atoms with Crippen LogP contribution >= 0.6 is 11.8 Å². The Hall–Kier alpha value is -1.12. The van der Waals surface area contributed by atoms with Gasteiger partial charge in [0.1, 0.15) is 6.04 Å². The topological polar surface area (TPSA) is 112 Å². The Labute approximate surface area is 123 Å². The van der Waals surface area contributed by atoms with Gasteiger partial charge in [-0.3, -0.25) is 14.4 Å². The second-order valence-electron chi connectivity index (χ2n) is 5.64. The van der Waals surface area contributed by atoms with E-state index >= 15 is 0 Å². The first kappa shape index (κ1) is 18.9. The summed E-state index contributed by atoms with van der Waals surface area (Å²) in [6.07, 6.45) is -1.09. The van der Waals surface area contributed by atoms with E-state index in [0.717, 1.165) is 11.8 Å². The largest absolute Gasteiger partial charge is 0.848 e. The van der Waals surface area contributed by atoms with Crippen molar-refractivity contribution in [3.05, 3.63) is 0 Å². The zero-order valence-corrected chi connectivity index (χ0v) is 13.2. The standard InChI is InChI=1S/C12H23N3O4S/c1-8(16)14-10(12(13)19)7-20-11(18)5-9(17)6-15(2,3)4/h9-10H,5-7H2,1-4H3,(H2,13,19)(H,14,16)/t9-,10?/m1/s1. The fraction of sp³-hybridized carbons (Fsp3) is 0.750. The second-order valence-corrected chi connectivity index (χ2v) is 6.71. The number of nitrogens with one attached hydrogen (secondary N) is 1. The normalized spacial score (nSPS) is 14.4. The summed E-state index contributed by atoms with van der Waals surface area (Å²) in [7, 11) is 5.63. The number of quaternary nitrogens is 1. The van der Waals surface area contributed by atoms with Gasteiger partial charge in [-0.2, -0.15) is 0 Å². The number of primary amides is 1. The van der Waals surface area contributed by atoms with Crippen LogP contribution in [0.25, 0.3) is 0 Å². The molecule has 3 N–H and O–H groups in total. The minimum atomic E-state index is -0.984. The van der Waals surface area contributed by atoms with Crippen molar-refractivity contribution in [2.75, 3.05) is 33.4 Å². The molecule has 2 atom stereocenters. The van der Waals surface area contributed by atoms with Crippen molar-refractivity contribution in [2.24, 2.45) is 5.73 Å². The van der Waals surface area contributed by atoms with Crippen LogP contribution in [0.1, 0.15) is 13.3 Å². The highest BCUT2D eigenvalue weighted by Crippen LogP contribution is 2.10. The molecule has 0 heterocycles. The molecule has 0 saturated heterocycles. The van der Waals surface area contributed by atoms with Gasteiger partial charge in [-0.15, -0.1) is 0 Å². The van der Waals surface area contributed by atoms with Crippen molar-refractivity contribution in [1.29, 1.82) is 0 Å². The summed E-state index contributed by atoms with van der Waals surface area (Å²) in [4.78, 5) is 33.6. The first-order valence-electron chi connectivity index (χ1n) is 6.19. The smallest absolute Gasteiger partial charge is 0.240 e. The molecule has 0 bridgehead atoms. The summed E-state index contributed by atoms with van der Waals surface area (Å²) < 4.78 is 0.488. The zero-order valence-electron chi connectivity index (χ0n) is 12.3. The van der Waals surface area contributed by atoms with Crippen molar-refractivity contribution in [3.8, 4) is 0 Å². The number of carbonyl (C=O) groups is 3. The molecule has 0 aliphatic carbocycles. The van der Waals surface area contributed by atoms with Crippen molar-refractivity contribution in [3.63, 3.8) is 0 Å². The van der Waals surface area contributed by atoms with Crippen molar-refractivity contribution >= 4 is 28.7 Å². The number of likely N-dealkylation sites (N-methyl/N-ethyl adjacent to an activating group) is 1. The van der Waals surface area contributed by atoms with Gasteiger partial charge in [0, 0.05) is 19.1 Å². The van der Waals surface area contributed by atoms with E-state index in [1.165, 1.54) is 6.92 Å². The number of nitrogens with zero attached hydrogens (tertiary/aromatic N) is 1. The number of rotatable bonds is 8. The molecular weight excluding hydrogens is 282 g/mol. The van der Waals surface area contributed by atoms with Gasteiger partial charge in [0.25, 0.3) is 0 Å². The summed E-state index contributed by atoms with van der Waals surface area (Å²) in [5.74, 6) is -1.05. The van der Waals surface area contributed by atoms with Crippen LogP contribution in [0.2, 0.25) is 0 Å². The first-order chi connectivity index (χ1) is 9.01. The second kappa shape index (κ2) is 8.23. The van der Waals surface area contributed by atoms with Crippen molar-refractivity contribution in [1.82, 2.24) is 5.32 Å². The molecule has 0 radical (unpaired) electrons. The number of hydrogen-bond donors (Lipinski definition) is 2. The van der Waals surface area contributed by atoms with E-state index in [9.17, 15) is 19.5 Å². The first-order valence-corrected chi connectivity index (χ1v) is 7.18. The van der Waals surface area contributed by atoms with Crippen LogP contribution in [0, 0.1) is 0 Å². The van der Waals surface area contributed by atoms with Crippen molar-refractivity contribution in [2.45, 2.75) is 25.5 Å². The van der Waals surface area contributed by atoms with E-state index in [1.54, 1.807) is 0 Å². The molecule has 0 aromatic heterocycles. The van der Waals surface area contributed by atoms with Crippen LogP contribution in [0.3, 0.4) is 0 Å². The van der Waals surface area contributed by atoms with Gasteiger partial charge in [-0.25, -0.2) is 0 Å². The van der Waals surface area contributed by atoms with E-state index in [0.29, 0.717) is 11.0 Å². The molecule has 2 amide bonds. The summed E-state index contributed by atoms with van der Waals surface area (Å²) in [5.41, 5.74) is 5.11. The Balaban J connectivity index is 4.20. The van der Waals surface area contributed by atoms with E-state index in [4.69, 9.17) is 5.73 Å². The number of carbonyl (C=O) groups excluding carboxylic acids is 3. The third-order valence-corrected chi connectivity index (χ3v) is 3.27. The lowest BCUT2D eigenvalue weighted by Gasteiger charge is -2.32. The Morgan fingerprint density at radius 2 is 1.85 bits per heavy atom. The van der Waals surface area contributed by atoms with Crippen LogP contribution in [-0.4, -0.2) is 67.0 Å². The highest BCUT2D eigenvalue weighted by Gasteiger charge is 2.19. The number of thioether (sulfide) groups is 1. The maximum absolute atomic E-state index is 11.7. The summed E-state index contributed by atoms with van der Waals surface area (Å²) in [5, 5.41) is 13.8. The molecule has 0 aromatic rings. The third-order valence-electron chi connectivity index (χ3n) is 2.28. The van der Waals surface area contributed by atoms with Gasteiger partial charge in [0.2, 0.25) is 11.8 Å². The molecule has 7 nitrogen and oxygen atoms in total. The molecule has 116 valence electrons. The summed E-state index contributed by atoms with van der Waals surface area (Å²) >= 11 is 0.848. The van der Waals surface area contributed by atoms with Crippen LogP contribution in [-0.2, 0) is 14.4 Å². The summed E-state index contributed by atoms with van der Waals surface area (Å²) in [6.45, 7) is 1.61. The molecule has 0 fully saturated rings. The van der Waals surface area contributed by atoms with Gasteiger partial charge in [0.05, 0.1) is 27.7 Å². The van der Waals surface area contributed by atoms with Crippen LogP contribution in [0.4, 0.5) is 0 Å². The van der Waals surface area contributed by atoms with E-state index in [-0.39, 0.29) is 17.3 Å². The minimum Gasteiger partial charge on any atom is -0.848 e. The van der Waals surface area contributed by atoms with E-state index in [1.807, 2.05) is 21.1 Å². The average molecular weight is 305 g/mol. The predicted molar refractivity (Wildman–Crippen MR) is 75.6 cm³/mol. The summed E-state index contributed by atoms with van der Waals surface area (Å²) in [6, 6.07) is -0.898. The molecule has 8 heteroatoms. The van der Waals surface area contributed by atoms with Gasteiger partial charge in [-0.05, 0) is 0 Å². The fourth-order valence-corrected chi connectivity index (χ4v) is 2.44. The van der Waals surface area contributed by atoms with Gasteiger partial charge in [-0.1, -0.05) is 17.9 Å². The van der Waals surface area contributed by atoms with E-state index < -0.39 is 24.0 Å². The molecule has 0 aliphatic rings. The molecule has 1 unspecified atom stereocenters. The maximum atomic E-state index is 11.7. The minimum absolute atomic E-state index is 0.0465. The monoisotopic (exact) mass is 305 g/mol. The Bertz CT molecular complexity index is 368. The lowest BCUT2D eigenvalue weighted by molar-refractivity contribution is -0.880. The van der Waals surface area contributed by atoms with Crippen molar-refractivity contribution < 1.29 is 24.0 Å². The lowest BCUT2D eigenvalue weighted by Crippen LogP contribution is -2.47. The van der Waals surface area contributed by atoms with Crippen LogP contribution in [0.15, 0.2) is 0 Å². The molecule has 0 aliphatic heterocycles. The number of hydrogen-bond acceptors (Lipinski definition) is 5. The number of nitrogens with two attached hydrogens (primary N) is 1. The average Bonchev–Trinajstić information content (AvgIpc) is 2.20. The molecule has 0 aromatic carbocycles.